The van der Waals surface area contributed by atoms with Crippen LogP contribution in [-0.4, -0.2) is 88.7 Å². The third-order valence-electron chi connectivity index (χ3n) is 7.72. The molecule has 2 saturated carbocycles. The molecule has 9 nitrogen and oxygen atoms in total. The van der Waals surface area contributed by atoms with Crippen molar-refractivity contribution in [3.63, 3.8) is 0 Å². The van der Waals surface area contributed by atoms with Crippen LogP contribution in [0.5, 0.6) is 0 Å². The van der Waals surface area contributed by atoms with Crippen LogP contribution in [0.4, 0.5) is 22.0 Å². The van der Waals surface area contributed by atoms with Crippen molar-refractivity contribution in [3.05, 3.63) is 0 Å². The summed E-state index contributed by atoms with van der Waals surface area (Å²) in [6.07, 6.45) is -5.56. The molecule has 5 N–H and O–H groups in total. The number of alkyl halides is 6. The molecule has 2 heterocycles. The van der Waals surface area contributed by atoms with Crippen LogP contribution in [0.2, 0.25) is 0 Å². The van der Waals surface area contributed by atoms with Crippen molar-refractivity contribution in [1.29, 1.82) is 0 Å². The quantitative estimate of drug-likeness (QED) is 0.165. The van der Waals surface area contributed by atoms with Gasteiger partial charge in [0.1, 0.15) is 47.2 Å². The SMILES string of the molecule is O=[S+]([O-])(C1CCC(F)CC1)N1CCC(NC2NC(NC3CCC(F)C(Cl)C3)NC(OCC(F)(F)F)N2)CC1. The van der Waals surface area contributed by atoms with Gasteiger partial charge in [-0.3, -0.25) is 26.6 Å². The lowest BCUT2D eigenvalue weighted by molar-refractivity contribution is -0.199. The van der Waals surface area contributed by atoms with Gasteiger partial charge in [0.2, 0.25) is 0 Å². The zero-order chi connectivity index (χ0) is 27.5. The normalized spacial score (nSPS) is 40.1. The Morgan fingerprint density at radius 3 is 2.11 bits per heavy atom. The second-order valence-corrected chi connectivity index (χ2v) is 13.4. The lowest BCUT2D eigenvalue weighted by Gasteiger charge is -2.44. The molecule has 4 aliphatic rings. The summed E-state index contributed by atoms with van der Waals surface area (Å²) < 4.78 is 98.0. The standard InChI is InChI=1S/C22H38ClF5N6O3S/c23-17-11-15(3-6-18(17)25)30-20-31-19(32-21(33-20)37-12-22(26,27)28)29-14-7-9-34(10-8-14)38(35,36)16-4-1-13(24)2-5-16/h13-21,29-33H,1-12H2. The Labute approximate surface area is 226 Å². The zero-order valence-corrected chi connectivity index (χ0v) is 22.6. The first-order valence-electron chi connectivity index (χ1n) is 13.3. The molecule has 0 radical (unpaired) electrons. The Kier molecular flexibility index (Phi) is 10.6. The van der Waals surface area contributed by atoms with Gasteiger partial charge >= 0.3 is 6.18 Å². The highest BCUT2D eigenvalue weighted by molar-refractivity contribution is 7.96. The lowest BCUT2D eigenvalue weighted by atomic mass is 9.93. The molecule has 16 heteroatoms. The third-order valence-corrected chi connectivity index (χ3v) is 10.6. The van der Waals surface area contributed by atoms with E-state index < -0.39 is 65.1 Å². The van der Waals surface area contributed by atoms with E-state index in [1.54, 1.807) is 0 Å². The summed E-state index contributed by atoms with van der Waals surface area (Å²) in [5.74, 6) is 0. The Balaban J connectivity index is 1.30. The first kappa shape index (κ1) is 30.7. The number of rotatable bonds is 8. The topological polar surface area (TPSA) is 113 Å². The minimum atomic E-state index is -4.51. The molecular formula is C22H38ClF5N6O3S. The van der Waals surface area contributed by atoms with Crippen molar-refractivity contribution in [2.45, 2.75) is 118 Å². The van der Waals surface area contributed by atoms with Crippen molar-refractivity contribution in [1.82, 2.24) is 30.9 Å². The molecule has 0 amide bonds. The zero-order valence-electron chi connectivity index (χ0n) is 21.0. The maximum atomic E-state index is 13.8. The number of ether oxygens (including phenoxy) is 1. The van der Waals surface area contributed by atoms with Crippen molar-refractivity contribution >= 4 is 22.0 Å². The molecule has 0 aromatic heterocycles. The molecule has 222 valence electrons. The lowest BCUT2D eigenvalue weighted by Crippen LogP contribution is -2.76. The maximum absolute atomic E-state index is 13.8. The minimum absolute atomic E-state index is 0.107. The average molecular weight is 597 g/mol. The van der Waals surface area contributed by atoms with Crippen LogP contribution in [-0.2, 0) is 19.3 Å². The molecule has 2 saturated heterocycles. The van der Waals surface area contributed by atoms with E-state index in [2.05, 4.69) is 26.6 Å². The van der Waals surface area contributed by atoms with Crippen molar-refractivity contribution in [2.75, 3.05) is 19.7 Å². The number of nitrogens with zero attached hydrogens (tertiary/aromatic N) is 1. The highest BCUT2D eigenvalue weighted by Gasteiger charge is 2.42. The fraction of sp³-hybridized carbons (Fsp3) is 1.00. The Morgan fingerprint density at radius 1 is 0.921 bits per heavy atom. The molecule has 4 rings (SSSR count). The molecule has 38 heavy (non-hydrogen) atoms. The van der Waals surface area contributed by atoms with E-state index in [1.165, 1.54) is 4.31 Å². The van der Waals surface area contributed by atoms with E-state index in [0.29, 0.717) is 58.0 Å². The summed E-state index contributed by atoms with van der Waals surface area (Å²) in [5, 5.41) is 14.3. The highest BCUT2D eigenvalue weighted by Crippen LogP contribution is 2.32. The van der Waals surface area contributed by atoms with Crippen molar-refractivity contribution in [3.8, 4) is 0 Å². The van der Waals surface area contributed by atoms with Crippen molar-refractivity contribution < 1.29 is 35.5 Å². The average Bonchev–Trinajstić information content (AvgIpc) is 2.85. The Morgan fingerprint density at radius 2 is 1.53 bits per heavy atom. The van der Waals surface area contributed by atoms with Crippen molar-refractivity contribution in [2.24, 2.45) is 0 Å². The van der Waals surface area contributed by atoms with Gasteiger partial charge in [-0.15, -0.1) is 15.9 Å². The van der Waals surface area contributed by atoms with Crippen LogP contribution < -0.4 is 26.6 Å². The third kappa shape index (κ3) is 8.63. The van der Waals surface area contributed by atoms with Gasteiger partial charge in [0.05, 0.1) is 5.38 Å². The van der Waals surface area contributed by atoms with Crippen LogP contribution in [0, 0.1) is 0 Å². The van der Waals surface area contributed by atoms with Crippen LogP contribution in [0.1, 0.15) is 57.8 Å². The maximum Gasteiger partial charge on any atom is 0.411 e. The number of nitrogens with one attached hydrogen (secondary N) is 5. The molecule has 0 bridgehead atoms. The van der Waals surface area contributed by atoms with E-state index in [-0.39, 0.29) is 24.9 Å². The van der Waals surface area contributed by atoms with Gasteiger partial charge in [0, 0.05) is 25.2 Å². The molecule has 2 aliphatic carbocycles. The highest BCUT2D eigenvalue weighted by atomic mass is 35.5. The molecule has 2 aliphatic heterocycles. The van der Waals surface area contributed by atoms with E-state index in [0.717, 1.165) is 0 Å². The fourth-order valence-corrected chi connectivity index (χ4v) is 7.94. The van der Waals surface area contributed by atoms with Gasteiger partial charge in [-0.25, -0.2) is 8.78 Å². The predicted octanol–water partition coefficient (Wildman–Crippen LogP) is 2.17. The molecule has 4 fully saturated rings. The summed E-state index contributed by atoms with van der Waals surface area (Å²) in [7, 11) is -3.51. The smallest absolute Gasteiger partial charge is 0.411 e. The van der Waals surface area contributed by atoms with Gasteiger partial charge in [0.25, 0.3) is 0 Å². The number of piperidine rings is 1. The number of sulfonamides is 1. The molecule has 7 unspecified atom stereocenters. The second-order valence-electron chi connectivity index (χ2n) is 10.6. The summed E-state index contributed by atoms with van der Waals surface area (Å²) in [4.78, 5) is 0. The summed E-state index contributed by atoms with van der Waals surface area (Å²) in [6, 6.07) is -0.248. The Bertz CT molecular complexity index is 806. The van der Waals surface area contributed by atoms with Crippen LogP contribution in [0.15, 0.2) is 0 Å². The summed E-state index contributed by atoms with van der Waals surface area (Å²) in [6.45, 7) is -0.839. The van der Waals surface area contributed by atoms with Gasteiger partial charge in [-0.2, -0.15) is 13.2 Å². The van der Waals surface area contributed by atoms with Gasteiger partial charge in [0.15, 0.2) is 6.35 Å². The first-order chi connectivity index (χ1) is 17.9. The molecule has 0 aromatic rings. The second kappa shape index (κ2) is 13.2. The molecule has 7 atom stereocenters. The molecular weight excluding hydrogens is 559 g/mol. The largest absolute Gasteiger partial charge is 0.597 e. The van der Waals surface area contributed by atoms with Gasteiger partial charge < -0.3 is 9.29 Å². The summed E-state index contributed by atoms with van der Waals surface area (Å²) >= 11 is 6.07. The van der Waals surface area contributed by atoms with Crippen LogP contribution in [0.25, 0.3) is 0 Å². The van der Waals surface area contributed by atoms with Gasteiger partial charge in [-0.05, 0) is 57.8 Å². The van der Waals surface area contributed by atoms with E-state index in [4.69, 9.17) is 16.3 Å². The van der Waals surface area contributed by atoms with Crippen LogP contribution >= 0.6 is 11.6 Å². The Hall–Kier alpha value is -0.230. The van der Waals surface area contributed by atoms with E-state index in [1.807, 2.05) is 0 Å². The number of hydrogen-bond donors (Lipinski definition) is 5. The minimum Gasteiger partial charge on any atom is -0.597 e. The predicted molar refractivity (Wildman–Crippen MR) is 132 cm³/mol. The fourth-order valence-electron chi connectivity index (χ4n) is 5.59. The molecule has 0 spiro atoms. The molecule has 0 aromatic carbocycles. The van der Waals surface area contributed by atoms with Crippen LogP contribution in [0.3, 0.4) is 0 Å². The number of halogens is 6. The van der Waals surface area contributed by atoms with Gasteiger partial charge in [-0.1, -0.05) is 4.21 Å². The number of hydrogen-bond acceptors (Lipinski definition) is 8. The monoisotopic (exact) mass is 596 g/mol. The van der Waals surface area contributed by atoms with E-state index in [9.17, 15) is 30.7 Å². The first-order valence-corrected chi connectivity index (χ1v) is 15.2. The summed E-state index contributed by atoms with van der Waals surface area (Å²) in [5.41, 5.74) is 0. The van der Waals surface area contributed by atoms with E-state index >= 15 is 0 Å².